The van der Waals surface area contributed by atoms with E-state index in [4.69, 9.17) is 0 Å². The Bertz CT molecular complexity index is 809. The summed E-state index contributed by atoms with van der Waals surface area (Å²) in [6.45, 7) is 6.18. The molecule has 2 heteroatoms. The summed E-state index contributed by atoms with van der Waals surface area (Å²) < 4.78 is 0. The smallest absolute Gasteiger partial charge is 0.171 e. The molecule has 0 fully saturated rings. The van der Waals surface area contributed by atoms with Crippen molar-refractivity contribution >= 4 is 14.0 Å². The molecule has 2 unspecified atom stereocenters. The van der Waals surface area contributed by atoms with E-state index in [-0.39, 0.29) is 11.7 Å². The molecule has 0 aliphatic heterocycles. The van der Waals surface area contributed by atoms with Crippen LogP contribution in [-0.2, 0) is 6.42 Å². The number of rotatable bonds is 5. The molecule has 0 saturated heterocycles. The van der Waals surface area contributed by atoms with Gasteiger partial charge in [0.1, 0.15) is 0 Å². The van der Waals surface area contributed by atoms with Crippen molar-refractivity contribution in [2.45, 2.75) is 33.1 Å². The molecule has 0 saturated carbocycles. The molecule has 0 N–H and O–H groups in total. The molecular formula is C22H23OP. The first kappa shape index (κ1) is 16.7. The number of aryl methyl sites for hydroxylation is 3. The van der Waals surface area contributed by atoms with Crippen LogP contribution in [0.5, 0.6) is 0 Å². The number of benzene rings is 2. The molecule has 1 nitrogen and oxygen atoms in total. The maximum absolute atomic E-state index is 13.4. The molecule has 0 aliphatic carbocycles. The molecule has 2 atom stereocenters. The number of carbonyl (C=O) groups excluding carboxylic acids is 1. The zero-order valence-corrected chi connectivity index (χ0v) is 15.5. The Hall–Kier alpha value is -2.11. The fourth-order valence-electron chi connectivity index (χ4n) is 3.50. The minimum atomic E-state index is -0.107. The average Bonchev–Trinajstić information content (AvgIpc) is 3.05. The second kappa shape index (κ2) is 7.20. The Labute approximate surface area is 145 Å². The zero-order chi connectivity index (χ0) is 17.1. The van der Waals surface area contributed by atoms with Crippen LogP contribution in [0.2, 0.25) is 0 Å². The second-order valence-corrected chi connectivity index (χ2v) is 7.76. The van der Waals surface area contributed by atoms with Crippen molar-refractivity contribution in [1.29, 1.82) is 0 Å². The zero-order valence-electron chi connectivity index (χ0n) is 14.5. The molecule has 1 heterocycles. The van der Waals surface area contributed by atoms with Crippen molar-refractivity contribution in [2.75, 3.05) is 0 Å². The van der Waals surface area contributed by atoms with E-state index < -0.39 is 0 Å². The Kier molecular flexibility index (Phi) is 5.02. The Morgan fingerprint density at radius 1 is 0.958 bits per heavy atom. The van der Waals surface area contributed by atoms with Gasteiger partial charge in [0.05, 0.1) is 5.92 Å². The summed E-state index contributed by atoms with van der Waals surface area (Å²) >= 11 is 0. The first-order valence-corrected chi connectivity index (χ1v) is 9.43. The van der Waals surface area contributed by atoms with Crippen molar-refractivity contribution in [3.8, 4) is 0 Å². The van der Waals surface area contributed by atoms with E-state index in [1.807, 2.05) is 32.0 Å². The van der Waals surface area contributed by atoms with Crippen LogP contribution < -0.4 is 0 Å². The fourth-order valence-corrected chi connectivity index (χ4v) is 4.43. The maximum atomic E-state index is 13.4. The van der Waals surface area contributed by atoms with Gasteiger partial charge in [-0.05, 0) is 55.0 Å². The summed E-state index contributed by atoms with van der Waals surface area (Å²) in [5.41, 5.74) is 5.38. The van der Waals surface area contributed by atoms with E-state index >= 15 is 0 Å². The lowest BCUT2D eigenvalue weighted by Crippen LogP contribution is -2.17. The summed E-state index contributed by atoms with van der Waals surface area (Å²) in [6, 6.07) is 18.7. The van der Waals surface area contributed by atoms with Gasteiger partial charge in [0.25, 0.3) is 0 Å². The standard InChI is InChI=1S/C22H23OP/c1-15-12-16(2)21(17(3)13-15)22(23)20(14-19-10-7-11-24-19)18-8-5-4-6-9-18/h4-13,20,24H,14H2,1-3H3. The molecule has 24 heavy (non-hydrogen) atoms. The highest BCUT2D eigenvalue weighted by molar-refractivity contribution is 7.30. The van der Waals surface area contributed by atoms with Gasteiger partial charge in [-0.3, -0.25) is 4.79 Å². The molecule has 0 aliphatic rings. The lowest BCUT2D eigenvalue weighted by atomic mass is 9.84. The monoisotopic (exact) mass is 334 g/mol. The minimum Gasteiger partial charge on any atom is -0.293 e. The van der Waals surface area contributed by atoms with Crippen LogP contribution in [0.25, 0.3) is 0 Å². The van der Waals surface area contributed by atoms with E-state index in [1.165, 1.54) is 10.9 Å². The maximum Gasteiger partial charge on any atom is 0.171 e. The van der Waals surface area contributed by atoms with Gasteiger partial charge in [-0.25, -0.2) is 0 Å². The van der Waals surface area contributed by atoms with E-state index in [2.05, 4.69) is 49.1 Å². The summed E-state index contributed by atoms with van der Waals surface area (Å²) in [5, 5.41) is 1.36. The summed E-state index contributed by atoms with van der Waals surface area (Å²) in [6.07, 6.45) is 0.807. The molecule has 2 aromatic carbocycles. The van der Waals surface area contributed by atoms with Crippen molar-refractivity contribution in [3.63, 3.8) is 0 Å². The van der Waals surface area contributed by atoms with Crippen LogP contribution in [0.1, 0.15) is 43.8 Å². The third-order valence-electron chi connectivity index (χ3n) is 4.53. The quantitative estimate of drug-likeness (QED) is 0.535. The van der Waals surface area contributed by atoms with Crippen LogP contribution in [-0.4, -0.2) is 5.78 Å². The van der Waals surface area contributed by atoms with Crippen LogP contribution in [0.4, 0.5) is 0 Å². The Balaban J connectivity index is 2.04. The van der Waals surface area contributed by atoms with Gasteiger partial charge < -0.3 is 0 Å². The molecule has 0 amide bonds. The molecule has 122 valence electrons. The lowest BCUT2D eigenvalue weighted by Gasteiger charge is -2.19. The number of carbonyl (C=O) groups is 1. The molecule has 0 spiro atoms. The molecule has 0 bridgehead atoms. The number of ketones is 1. The molecule has 3 rings (SSSR count). The first-order valence-electron chi connectivity index (χ1n) is 8.35. The summed E-state index contributed by atoms with van der Waals surface area (Å²) in [7, 11) is 0.709. The second-order valence-electron chi connectivity index (χ2n) is 6.50. The molecule has 0 radical (unpaired) electrons. The lowest BCUT2D eigenvalue weighted by molar-refractivity contribution is 0.0958. The van der Waals surface area contributed by atoms with Gasteiger partial charge in [0.2, 0.25) is 0 Å². The fraction of sp³-hybridized carbons (Fsp3) is 0.227. The third kappa shape index (κ3) is 3.52. The van der Waals surface area contributed by atoms with Crippen LogP contribution in [0.15, 0.2) is 60.4 Å². The van der Waals surface area contributed by atoms with E-state index in [0.29, 0.717) is 8.19 Å². The predicted octanol–water partition coefficient (Wildman–Crippen LogP) is 5.85. The van der Waals surface area contributed by atoms with Crippen LogP contribution in [0, 0.1) is 20.8 Å². The van der Waals surface area contributed by atoms with Gasteiger partial charge in [-0.15, -0.1) is 8.19 Å². The molecular weight excluding hydrogens is 311 g/mol. The highest BCUT2D eigenvalue weighted by atomic mass is 31.0. The predicted molar refractivity (Wildman–Crippen MR) is 104 cm³/mol. The Morgan fingerprint density at radius 3 is 2.21 bits per heavy atom. The molecule has 3 aromatic rings. The van der Waals surface area contributed by atoms with Crippen molar-refractivity contribution in [1.82, 2.24) is 0 Å². The van der Waals surface area contributed by atoms with Gasteiger partial charge in [-0.1, -0.05) is 60.2 Å². The highest BCUT2D eigenvalue weighted by Crippen LogP contribution is 2.31. The average molecular weight is 334 g/mol. The van der Waals surface area contributed by atoms with Gasteiger partial charge in [-0.2, -0.15) is 0 Å². The van der Waals surface area contributed by atoms with E-state index in [1.54, 1.807) is 0 Å². The van der Waals surface area contributed by atoms with Crippen molar-refractivity contribution in [2.24, 2.45) is 0 Å². The highest BCUT2D eigenvalue weighted by Gasteiger charge is 2.25. The summed E-state index contributed by atoms with van der Waals surface area (Å²) in [4.78, 5) is 13.4. The van der Waals surface area contributed by atoms with Crippen LogP contribution >= 0.6 is 8.19 Å². The van der Waals surface area contributed by atoms with Gasteiger partial charge >= 0.3 is 0 Å². The van der Waals surface area contributed by atoms with E-state index in [0.717, 1.165) is 28.7 Å². The topological polar surface area (TPSA) is 17.1 Å². The van der Waals surface area contributed by atoms with E-state index in [9.17, 15) is 4.79 Å². The van der Waals surface area contributed by atoms with Crippen LogP contribution in [0.3, 0.4) is 0 Å². The van der Waals surface area contributed by atoms with Gasteiger partial charge in [0, 0.05) is 5.56 Å². The SMILES string of the molecule is Cc1cc(C)c(C(=O)C(Cc2ccc[pH]2)c2ccccc2)c(C)c1. The number of hydrogen-bond donors (Lipinski definition) is 0. The van der Waals surface area contributed by atoms with Gasteiger partial charge in [0.15, 0.2) is 5.78 Å². The normalized spacial score (nSPS) is 12.5. The van der Waals surface area contributed by atoms with Crippen molar-refractivity contribution in [3.05, 3.63) is 93.5 Å². The largest absolute Gasteiger partial charge is 0.293 e. The first-order chi connectivity index (χ1) is 11.6. The Morgan fingerprint density at radius 2 is 1.62 bits per heavy atom. The summed E-state index contributed by atoms with van der Waals surface area (Å²) in [5.74, 6) is 2.32. The molecule has 1 aromatic heterocycles. The number of hydrogen-bond acceptors (Lipinski definition) is 1. The minimum absolute atomic E-state index is 0.107. The number of Topliss-reactive ketones (excluding diaryl/α,β-unsaturated/α-hetero) is 1. The van der Waals surface area contributed by atoms with Crippen molar-refractivity contribution < 1.29 is 4.79 Å². The third-order valence-corrected chi connectivity index (χ3v) is 5.63.